The predicted octanol–water partition coefficient (Wildman–Crippen LogP) is 0.385. The molecule has 0 atom stereocenters. The first kappa shape index (κ1) is 6.73. The molecular weight excluding hydrogens is 231 g/mol. The van der Waals surface area contributed by atoms with Crippen LogP contribution >= 0.6 is 22.6 Å². The van der Waals surface area contributed by atoms with Gasteiger partial charge in [0.2, 0.25) is 0 Å². The van der Waals surface area contributed by atoms with E-state index in [9.17, 15) is 4.79 Å². The summed E-state index contributed by atoms with van der Waals surface area (Å²) in [4.78, 5) is 14.2. The summed E-state index contributed by atoms with van der Waals surface area (Å²) in [5.41, 5.74) is -0.213. The topological polar surface area (TPSA) is 34.9 Å². The van der Waals surface area contributed by atoms with Gasteiger partial charge in [-0.2, -0.15) is 0 Å². The molecule has 0 fully saturated rings. The minimum atomic E-state index is -0.213. The van der Waals surface area contributed by atoms with Crippen molar-refractivity contribution in [1.82, 2.24) is 9.55 Å². The van der Waals surface area contributed by atoms with Gasteiger partial charge in [0, 0.05) is 23.0 Å². The molecule has 0 aliphatic rings. The molecule has 0 N–H and O–H groups in total. The SMILES string of the molecule is Cn1cc(I)cnc1=O. The molecule has 1 rings (SSSR count). The Balaban J connectivity index is 3.34. The van der Waals surface area contributed by atoms with Crippen molar-refractivity contribution < 1.29 is 0 Å². The van der Waals surface area contributed by atoms with E-state index >= 15 is 0 Å². The lowest BCUT2D eigenvalue weighted by Gasteiger charge is -1.92. The van der Waals surface area contributed by atoms with Crippen LogP contribution in [0.3, 0.4) is 0 Å². The molecule has 0 bridgehead atoms. The van der Waals surface area contributed by atoms with Crippen LogP contribution in [0, 0.1) is 3.57 Å². The first-order valence-corrected chi connectivity index (χ1v) is 3.46. The highest BCUT2D eigenvalue weighted by Crippen LogP contribution is 1.95. The van der Waals surface area contributed by atoms with E-state index in [1.165, 1.54) is 4.57 Å². The Morgan fingerprint density at radius 3 is 2.89 bits per heavy atom. The molecule has 0 amide bonds. The van der Waals surface area contributed by atoms with Gasteiger partial charge in [-0.25, -0.2) is 9.78 Å². The van der Waals surface area contributed by atoms with Crippen LogP contribution in [0.1, 0.15) is 0 Å². The van der Waals surface area contributed by atoms with Crippen molar-refractivity contribution in [1.29, 1.82) is 0 Å². The maximum absolute atomic E-state index is 10.6. The van der Waals surface area contributed by atoms with Crippen molar-refractivity contribution >= 4 is 22.6 Å². The number of halogens is 1. The fourth-order valence-corrected chi connectivity index (χ4v) is 1.04. The molecule has 0 aliphatic heterocycles. The largest absolute Gasteiger partial charge is 0.347 e. The molecule has 0 radical (unpaired) electrons. The maximum Gasteiger partial charge on any atom is 0.347 e. The van der Waals surface area contributed by atoms with Gasteiger partial charge in [0.15, 0.2) is 0 Å². The molecule has 0 saturated heterocycles. The number of hydrogen-bond acceptors (Lipinski definition) is 2. The first-order chi connectivity index (χ1) is 4.20. The van der Waals surface area contributed by atoms with Gasteiger partial charge in [0.25, 0.3) is 0 Å². The zero-order chi connectivity index (χ0) is 6.85. The van der Waals surface area contributed by atoms with Crippen molar-refractivity contribution in [2.45, 2.75) is 0 Å². The van der Waals surface area contributed by atoms with E-state index in [-0.39, 0.29) is 5.69 Å². The van der Waals surface area contributed by atoms with Gasteiger partial charge >= 0.3 is 5.69 Å². The maximum atomic E-state index is 10.6. The lowest BCUT2D eigenvalue weighted by molar-refractivity contribution is 0.804. The molecule has 48 valence electrons. The van der Waals surface area contributed by atoms with Gasteiger partial charge < -0.3 is 4.57 Å². The molecular formula is C5H5IN2O. The van der Waals surface area contributed by atoms with Crippen molar-refractivity contribution in [3.05, 3.63) is 26.4 Å². The van der Waals surface area contributed by atoms with Crippen LogP contribution in [0.2, 0.25) is 0 Å². The molecule has 1 heterocycles. The third kappa shape index (κ3) is 1.51. The molecule has 1 aromatic rings. The molecule has 0 aromatic carbocycles. The first-order valence-electron chi connectivity index (χ1n) is 2.38. The summed E-state index contributed by atoms with van der Waals surface area (Å²) in [6.07, 6.45) is 3.28. The van der Waals surface area contributed by atoms with Crippen molar-refractivity contribution in [2.75, 3.05) is 0 Å². The summed E-state index contributed by atoms with van der Waals surface area (Å²) in [6.45, 7) is 0. The van der Waals surface area contributed by atoms with Crippen molar-refractivity contribution in [3.63, 3.8) is 0 Å². The average Bonchev–Trinajstić information content (AvgIpc) is 1.80. The standard InChI is InChI=1S/C5H5IN2O/c1-8-3-4(6)2-7-5(8)9/h2-3H,1H3. The summed E-state index contributed by atoms with van der Waals surface area (Å²) in [6, 6.07) is 0. The minimum absolute atomic E-state index is 0.213. The number of aromatic nitrogens is 2. The zero-order valence-corrected chi connectivity index (χ0v) is 6.99. The second-order valence-electron chi connectivity index (χ2n) is 1.67. The van der Waals surface area contributed by atoms with Crippen LogP contribution < -0.4 is 5.69 Å². The molecule has 1 aromatic heterocycles. The summed E-state index contributed by atoms with van der Waals surface area (Å²) in [5, 5.41) is 0. The number of hydrogen-bond donors (Lipinski definition) is 0. The summed E-state index contributed by atoms with van der Waals surface area (Å²) >= 11 is 2.10. The lowest BCUT2D eigenvalue weighted by atomic mass is 10.7. The van der Waals surface area contributed by atoms with E-state index in [2.05, 4.69) is 27.6 Å². The summed E-state index contributed by atoms with van der Waals surface area (Å²) in [7, 11) is 1.68. The third-order valence-corrected chi connectivity index (χ3v) is 1.47. The molecule has 0 unspecified atom stereocenters. The molecule has 3 nitrogen and oxygen atoms in total. The highest BCUT2D eigenvalue weighted by molar-refractivity contribution is 14.1. The fraction of sp³-hybridized carbons (Fsp3) is 0.200. The van der Waals surface area contributed by atoms with E-state index in [1.807, 2.05) is 0 Å². The smallest absolute Gasteiger partial charge is 0.301 e. The van der Waals surface area contributed by atoms with E-state index in [0.29, 0.717) is 0 Å². The normalized spacial score (nSPS) is 9.56. The third-order valence-electron chi connectivity index (χ3n) is 0.917. The van der Waals surface area contributed by atoms with Gasteiger partial charge in [0.1, 0.15) is 0 Å². The van der Waals surface area contributed by atoms with Crippen LogP contribution in [0.25, 0.3) is 0 Å². The van der Waals surface area contributed by atoms with E-state index in [4.69, 9.17) is 0 Å². The Morgan fingerprint density at radius 2 is 2.44 bits per heavy atom. The molecule has 0 spiro atoms. The zero-order valence-electron chi connectivity index (χ0n) is 4.84. The van der Waals surface area contributed by atoms with Crippen LogP contribution in [0.15, 0.2) is 17.2 Å². The van der Waals surface area contributed by atoms with Crippen LogP contribution in [-0.4, -0.2) is 9.55 Å². The predicted molar refractivity (Wildman–Crippen MR) is 42.2 cm³/mol. The Kier molecular flexibility index (Phi) is 1.84. The lowest BCUT2D eigenvalue weighted by Crippen LogP contribution is -2.18. The Hall–Kier alpha value is -0.390. The van der Waals surface area contributed by atoms with Crippen molar-refractivity contribution in [2.24, 2.45) is 7.05 Å². The van der Waals surface area contributed by atoms with Crippen molar-refractivity contribution in [3.8, 4) is 0 Å². The quantitative estimate of drug-likeness (QED) is 0.610. The van der Waals surface area contributed by atoms with E-state index < -0.39 is 0 Å². The molecule has 0 saturated carbocycles. The average molecular weight is 236 g/mol. The van der Waals surface area contributed by atoms with Crippen LogP contribution in [0.4, 0.5) is 0 Å². The Morgan fingerprint density at radius 1 is 1.78 bits per heavy atom. The van der Waals surface area contributed by atoms with Crippen LogP contribution in [-0.2, 0) is 7.05 Å². The Bertz CT molecular complexity index is 268. The van der Waals surface area contributed by atoms with Gasteiger partial charge in [0.05, 0.1) is 0 Å². The monoisotopic (exact) mass is 236 g/mol. The second-order valence-corrected chi connectivity index (χ2v) is 2.91. The van der Waals surface area contributed by atoms with Gasteiger partial charge in [-0.15, -0.1) is 0 Å². The second kappa shape index (κ2) is 2.47. The minimum Gasteiger partial charge on any atom is -0.301 e. The van der Waals surface area contributed by atoms with E-state index in [0.717, 1.165) is 3.57 Å². The molecule has 9 heavy (non-hydrogen) atoms. The highest BCUT2D eigenvalue weighted by atomic mass is 127. The molecule has 4 heteroatoms. The highest BCUT2D eigenvalue weighted by Gasteiger charge is 1.88. The Labute approximate surface area is 65.9 Å². The van der Waals surface area contributed by atoms with Crippen LogP contribution in [0.5, 0.6) is 0 Å². The van der Waals surface area contributed by atoms with Gasteiger partial charge in [-0.3, -0.25) is 0 Å². The van der Waals surface area contributed by atoms with Gasteiger partial charge in [-0.1, -0.05) is 0 Å². The molecule has 0 aliphatic carbocycles. The summed E-state index contributed by atoms with van der Waals surface area (Å²) < 4.78 is 2.41. The fourth-order valence-electron chi connectivity index (χ4n) is 0.482. The van der Waals surface area contributed by atoms with E-state index in [1.54, 1.807) is 19.4 Å². The number of rotatable bonds is 0. The van der Waals surface area contributed by atoms with Gasteiger partial charge in [-0.05, 0) is 22.6 Å². The number of nitrogens with zero attached hydrogens (tertiary/aromatic N) is 2. The summed E-state index contributed by atoms with van der Waals surface area (Å²) in [5.74, 6) is 0. The number of aryl methyl sites for hydroxylation is 1.